The monoisotopic (exact) mass is 429 g/mol. The van der Waals surface area contributed by atoms with Gasteiger partial charge in [-0.25, -0.2) is 0 Å². The molecule has 0 aromatic heterocycles. The van der Waals surface area contributed by atoms with Crippen LogP contribution in [0, 0.1) is 10.1 Å². The Hall–Kier alpha value is -3.62. The highest BCUT2D eigenvalue weighted by Gasteiger charge is 2.28. The lowest BCUT2D eigenvalue weighted by molar-refractivity contribution is -0.385. The molecule has 0 saturated carbocycles. The van der Waals surface area contributed by atoms with Gasteiger partial charge in [-0.05, 0) is 24.5 Å². The van der Waals surface area contributed by atoms with E-state index in [0.29, 0.717) is 19.4 Å². The SMILES string of the molecule is CC[C@@H](C(=O)NC)N(CCc1ccccc1)C(=O)COc1ccc([N+](=O)[O-])c(OC)c1. The van der Waals surface area contributed by atoms with Crippen LogP contribution in [0.15, 0.2) is 48.5 Å². The van der Waals surface area contributed by atoms with Crippen molar-refractivity contribution < 1.29 is 24.0 Å². The molecule has 0 fully saturated rings. The Bertz CT molecular complexity index is 903. The molecule has 0 saturated heterocycles. The minimum atomic E-state index is -0.629. The highest BCUT2D eigenvalue weighted by Crippen LogP contribution is 2.30. The predicted octanol–water partition coefficient (Wildman–Crippen LogP) is 2.58. The van der Waals surface area contributed by atoms with E-state index in [1.165, 1.54) is 37.3 Å². The number of rotatable bonds is 11. The number of carbonyl (C=O) groups is 2. The number of nitro benzene ring substituents is 1. The molecule has 2 aromatic carbocycles. The molecular formula is C22H27N3O6. The van der Waals surface area contributed by atoms with Crippen molar-refractivity contribution in [3.05, 3.63) is 64.2 Å². The van der Waals surface area contributed by atoms with Crippen molar-refractivity contribution in [1.29, 1.82) is 0 Å². The standard InChI is InChI=1S/C22H27N3O6/c1-4-18(22(27)23-2)24(13-12-16-8-6-5-7-9-16)21(26)15-31-17-10-11-19(25(28)29)20(14-17)30-3/h5-11,14,18H,4,12-13,15H2,1-3H3,(H,23,27)/t18-/m0/s1. The first-order valence-corrected chi connectivity index (χ1v) is 9.91. The Balaban J connectivity index is 2.14. The molecule has 31 heavy (non-hydrogen) atoms. The molecule has 1 N–H and O–H groups in total. The van der Waals surface area contributed by atoms with Gasteiger partial charge < -0.3 is 19.7 Å². The Labute approximate surface area is 181 Å². The highest BCUT2D eigenvalue weighted by atomic mass is 16.6. The number of nitrogens with one attached hydrogen (secondary N) is 1. The fraction of sp³-hybridized carbons (Fsp3) is 0.364. The summed E-state index contributed by atoms with van der Waals surface area (Å²) in [6.45, 7) is 1.87. The average molecular weight is 429 g/mol. The van der Waals surface area contributed by atoms with Gasteiger partial charge in [0.15, 0.2) is 6.61 Å². The van der Waals surface area contributed by atoms with Crippen LogP contribution >= 0.6 is 0 Å². The van der Waals surface area contributed by atoms with Crippen molar-refractivity contribution in [2.24, 2.45) is 0 Å². The lowest BCUT2D eigenvalue weighted by Gasteiger charge is -2.30. The van der Waals surface area contributed by atoms with Crippen LogP contribution in [0.4, 0.5) is 5.69 Å². The minimum Gasteiger partial charge on any atom is -0.490 e. The number of nitro groups is 1. The number of benzene rings is 2. The second-order valence-corrected chi connectivity index (χ2v) is 6.74. The van der Waals surface area contributed by atoms with Crippen LogP contribution in [0.3, 0.4) is 0 Å². The summed E-state index contributed by atoms with van der Waals surface area (Å²) in [4.78, 5) is 37.3. The second-order valence-electron chi connectivity index (χ2n) is 6.74. The summed E-state index contributed by atoms with van der Waals surface area (Å²) >= 11 is 0. The number of ether oxygens (including phenoxy) is 2. The molecule has 2 rings (SSSR count). The molecular weight excluding hydrogens is 402 g/mol. The molecule has 1 atom stereocenters. The van der Waals surface area contributed by atoms with Gasteiger partial charge in [-0.15, -0.1) is 0 Å². The van der Waals surface area contributed by atoms with E-state index in [9.17, 15) is 19.7 Å². The summed E-state index contributed by atoms with van der Waals surface area (Å²) in [7, 11) is 2.85. The van der Waals surface area contributed by atoms with Gasteiger partial charge in [-0.2, -0.15) is 0 Å². The van der Waals surface area contributed by atoms with E-state index in [0.717, 1.165) is 5.56 Å². The third kappa shape index (κ3) is 6.43. The van der Waals surface area contributed by atoms with Gasteiger partial charge in [0.1, 0.15) is 11.8 Å². The van der Waals surface area contributed by atoms with Gasteiger partial charge >= 0.3 is 5.69 Å². The van der Waals surface area contributed by atoms with Crippen LogP contribution in [0.2, 0.25) is 0 Å². The van der Waals surface area contributed by atoms with Gasteiger partial charge in [0.2, 0.25) is 11.7 Å². The molecule has 9 nitrogen and oxygen atoms in total. The molecule has 2 amide bonds. The molecule has 0 aliphatic heterocycles. The van der Waals surface area contributed by atoms with E-state index >= 15 is 0 Å². The normalized spacial score (nSPS) is 11.3. The van der Waals surface area contributed by atoms with Crippen LogP contribution in [0.1, 0.15) is 18.9 Å². The maximum atomic E-state index is 13.0. The number of hydrogen-bond acceptors (Lipinski definition) is 6. The zero-order valence-corrected chi connectivity index (χ0v) is 17.9. The van der Waals surface area contributed by atoms with E-state index < -0.39 is 11.0 Å². The smallest absolute Gasteiger partial charge is 0.311 e. The van der Waals surface area contributed by atoms with Gasteiger partial charge in [-0.3, -0.25) is 19.7 Å². The van der Waals surface area contributed by atoms with Crippen LogP contribution in [0.25, 0.3) is 0 Å². The van der Waals surface area contributed by atoms with Gasteiger partial charge in [-0.1, -0.05) is 37.3 Å². The minimum absolute atomic E-state index is 0.0349. The summed E-state index contributed by atoms with van der Waals surface area (Å²) in [6.07, 6.45) is 1.04. The van der Waals surface area contributed by atoms with Crippen LogP contribution in [0.5, 0.6) is 11.5 Å². The summed E-state index contributed by atoms with van der Waals surface area (Å²) in [5.74, 6) is -0.316. The maximum Gasteiger partial charge on any atom is 0.311 e. The molecule has 166 valence electrons. The van der Waals surface area contributed by atoms with Gasteiger partial charge in [0.25, 0.3) is 5.91 Å². The van der Waals surface area contributed by atoms with E-state index in [4.69, 9.17) is 9.47 Å². The van der Waals surface area contributed by atoms with Crippen molar-refractivity contribution in [2.45, 2.75) is 25.8 Å². The second kappa shape index (κ2) is 11.5. The van der Waals surface area contributed by atoms with E-state index in [2.05, 4.69) is 5.32 Å². The highest BCUT2D eigenvalue weighted by molar-refractivity contribution is 5.88. The third-order valence-corrected chi connectivity index (χ3v) is 4.83. The fourth-order valence-corrected chi connectivity index (χ4v) is 3.19. The van der Waals surface area contributed by atoms with Crippen molar-refractivity contribution in [3.63, 3.8) is 0 Å². The van der Waals surface area contributed by atoms with Crippen LogP contribution < -0.4 is 14.8 Å². The van der Waals surface area contributed by atoms with Crippen LogP contribution in [-0.4, -0.2) is 55.0 Å². The first kappa shape index (κ1) is 23.7. The van der Waals surface area contributed by atoms with Gasteiger partial charge in [0, 0.05) is 25.7 Å². The number of carbonyl (C=O) groups excluding carboxylic acids is 2. The molecule has 0 bridgehead atoms. The first-order valence-electron chi connectivity index (χ1n) is 9.91. The molecule has 0 unspecified atom stereocenters. The number of methoxy groups -OCH3 is 1. The quantitative estimate of drug-likeness (QED) is 0.434. The Morgan fingerprint density at radius 1 is 1.19 bits per heavy atom. The summed E-state index contributed by atoms with van der Waals surface area (Å²) in [5.41, 5.74) is 0.851. The molecule has 0 radical (unpaired) electrons. The lowest BCUT2D eigenvalue weighted by atomic mass is 10.1. The summed E-state index contributed by atoms with van der Waals surface area (Å²) in [6, 6.07) is 13.1. The van der Waals surface area contributed by atoms with E-state index in [-0.39, 0.29) is 35.6 Å². The van der Waals surface area contributed by atoms with Gasteiger partial charge in [0.05, 0.1) is 12.0 Å². The summed E-state index contributed by atoms with van der Waals surface area (Å²) < 4.78 is 10.6. The molecule has 0 spiro atoms. The van der Waals surface area contributed by atoms with E-state index in [1.807, 2.05) is 37.3 Å². The zero-order valence-electron chi connectivity index (χ0n) is 17.9. The lowest BCUT2D eigenvalue weighted by Crippen LogP contribution is -2.50. The zero-order chi connectivity index (χ0) is 22.8. The fourth-order valence-electron chi connectivity index (χ4n) is 3.19. The van der Waals surface area contributed by atoms with Crippen molar-refractivity contribution in [1.82, 2.24) is 10.2 Å². The molecule has 9 heteroatoms. The number of likely N-dealkylation sites (N-methyl/N-ethyl adjacent to an activating group) is 1. The van der Waals surface area contributed by atoms with E-state index in [1.54, 1.807) is 0 Å². The molecule has 0 heterocycles. The molecule has 2 aromatic rings. The Morgan fingerprint density at radius 3 is 2.48 bits per heavy atom. The average Bonchev–Trinajstić information content (AvgIpc) is 2.79. The predicted molar refractivity (Wildman–Crippen MR) is 115 cm³/mol. The molecule has 0 aliphatic carbocycles. The Morgan fingerprint density at radius 2 is 1.90 bits per heavy atom. The number of amides is 2. The van der Waals surface area contributed by atoms with Crippen molar-refractivity contribution >= 4 is 17.5 Å². The molecule has 0 aliphatic rings. The maximum absolute atomic E-state index is 13.0. The number of hydrogen-bond donors (Lipinski definition) is 1. The number of nitrogens with zero attached hydrogens (tertiary/aromatic N) is 2. The topological polar surface area (TPSA) is 111 Å². The Kier molecular flexibility index (Phi) is 8.80. The third-order valence-electron chi connectivity index (χ3n) is 4.83. The summed E-state index contributed by atoms with van der Waals surface area (Å²) in [5, 5.41) is 13.6. The van der Waals surface area contributed by atoms with Crippen molar-refractivity contribution in [2.75, 3.05) is 27.3 Å². The van der Waals surface area contributed by atoms with Crippen molar-refractivity contribution in [3.8, 4) is 11.5 Å². The first-order chi connectivity index (χ1) is 14.9. The van der Waals surface area contributed by atoms with Crippen LogP contribution in [-0.2, 0) is 16.0 Å². The largest absolute Gasteiger partial charge is 0.490 e.